The number of nitrogens with two attached hydrogens (primary N) is 1. The second-order valence-electron chi connectivity index (χ2n) is 9.18. The van der Waals surface area contributed by atoms with Gasteiger partial charge in [0.1, 0.15) is 30.7 Å². The number of benzene rings is 1. The molecule has 1 fully saturated rings. The molecule has 0 radical (unpaired) electrons. The molecule has 0 saturated carbocycles. The zero-order chi connectivity index (χ0) is 27.7. The SMILES string of the molecule is COc1cccc(-c2cc(F)ccc2C2Cc3nc(N)nc(C)c3C(=NOC[C@H]3O[C@H](OC)[C@H](O)[C@@H]3O)N2)n1. The summed E-state index contributed by atoms with van der Waals surface area (Å²) in [5.74, 6) is 0.418. The van der Waals surface area contributed by atoms with Crippen molar-refractivity contribution in [1.29, 1.82) is 0 Å². The minimum atomic E-state index is -1.21. The van der Waals surface area contributed by atoms with Crippen molar-refractivity contribution in [2.45, 2.75) is 44.0 Å². The van der Waals surface area contributed by atoms with E-state index in [0.29, 0.717) is 46.3 Å². The predicted molar refractivity (Wildman–Crippen MR) is 137 cm³/mol. The molecule has 0 amide bonds. The monoisotopic (exact) mass is 540 g/mol. The fraction of sp³-hybridized carbons (Fsp3) is 0.385. The Labute approximate surface area is 223 Å². The maximum atomic E-state index is 14.4. The third-order valence-electron chi connectivity index (χ3n) is 6.67. The summed E-state index contributed by atoms with van der Waals surface area (Å²) in [5, 5.41) is 27.9. The fourth-order valence-electron chi connectivity index (χ4n) is 4.81. The molecule has 1 aromatic carbocycles. The molecule has 12 nitrogen and oxygen atoms in total. The number of nitrogens with one attached hydrogen (secondary N) is 1. The van der Waals surface area contributed by atoms with E-state index >= 15 is 0 Å². The number of nitrogen functional groups attached to an aromatic ring is 1. The van der Waals surface area contributed by atoms with Crippen LogP contribution in [0.25, 0.3) is 11.3 Å². The molecule has 5 rings (SSSR count). The minimum Gasteiger partial charge on any atom is -0.481 e. The minimum absolute atomic E-state index is 0.114. The van der Waals surface area contributed by atoms with E-state index in [4.69, 9.17) is 24.8 Å². The number of oxime groups is 1. The summed E-state index contributed by atoms with van der Waals surface area (Å²) in [6.07, 6.45) is -3.86. The van der Waals surface area contributed by atoms with Gasteiger partial charge < -0.3 is 40.3 Å². The van der Waals surface area contributed by atoms with Gasteiger partial charge in [-0.05, 0) is 30.7 Å². The van der Waals surface area contributed by atoms with Gasteiger partial charge in [0.2, 0.25) is 11.8 Å². The first-order valence-corrected chi connectivity index (χ1v) is 12.2. The van der Waals surface area contributed by atoms with Crippen LogP contribution in [0.1, 0.15) is 28.6 Å². The third kappa shape index (κ3) is 5.34. The largest absolute Gasteiger partial charge is 0.481 e. The number of hydrogen-bond donors (Lipinski definition) is 4. The van der Waals surface area contributed by atoms with Crippen LogP contribution in [0.15, 0.2) is 41.6 Å². The van der Waals surface area contributed by atoms with Crippen molar-refractivity contribution >= 4 is 11.8 Å². The number of pyridine rings is 1. The molecule has 0 aliphatic carbocycles. The summed E-state index contributed by atoms with van der Waals surface area (Å²) in [6, 6.07) is 9.32. The van der Waals surface area contributed by atoms with Gasteiger partial charge >= 0.3 is 0 Å². The van der Waals surface area contributed by atoms with E-state index < -0.39 is 36.5 Å². The van der Waals surface area contributed by atoms with Crippen LogP contribution in [0, 0.1) is 12.7 Å². The van der Waals surface area contributed by atoms with Crippen LogP contribution in [0.2, 0.25) is 0 Å². The van der Waals surface area contributed by atoms with Crippen LogP contribution in [0.5, 0.6) is 5.88 Å². The van der Waals surface area contributed by atoms with Gasteiger partial charge in [-0.3, -0.25) is 0 Å². The second kappa shape index (κ2) is 11.1. The summed E-state index contributed by atoms with van der Waals surface area (Å²) < 4.78 is 30.2. The van der Waals surface area contributed by atoms with Crippen LogP contribution >= 0.6 is 0 Å². The van der Waals surface area contributed by atoms with Crippen LogP contribution in [-0.4, -0.2) is 76.4 Å². The van der Waals surface area contributed by atoms with Crippen molar-refractivity contribution in [1.82, 2.24) is 20.3 Å². The molecular formula is C26H29FN6O6. The Morgan fingerprint density at radius 1 is 1.15 bits per heavy atom. The Morgan fingerprint density at radius 2 is 1.97 bits per heavy atom. The third-order valence-corrected chi connectivity index (χ3v) is 6.67. The van der Waals surface area contributed by atoms with Crippen LogP contribution < -0.4 is 15.8 Å². The Hall–Kier alpha value is -3.91. The van der Waals surface area contributed by atoms with Gasteiger partial charge in [-0.15, -0.1) is 0 Å². The molecular weight excluding hydrogens is 511 g/mol. The molecule has 5 atom stereocenters. The highest BCUT2D eigenvalue weighted by Crippen LogP contribution is 2.34. The van der Waals surface area contributed by atoms with E-state index in [1.54, 1.807) is 31.2 Å². The van der Waals surface area contributed by atoms with Gasteiger partial charge in [0.15, 0.2) is 12.1 Å². The van der Waals surface area contributed by atoms with Crippen LogP contribution in [-0.2, 0) is 20.7 Å². The Balaban J connectivity index is 1.48. The summed E-state index contributed by atoms with van der Waals surface area (Å²) in [6.45, 7) is 1.62. The van der Waals surface area contributed by atoms with Gasteiger partial charge in [0, 0.05) is 25.2 Å². The number of rotatable bonds is 7. The average Bonchev–Trinajstić information content (AvgIpc) is 3.20. The number of ether oxygens (including phenoxy) is 3. The molecule has 2 aromatic heterocycles. The molecule has 1 saturated heterocycles. The Bertz CT molecular complexity index is 1390. The van der Waals surface area contributed by atoms with E-state index in [2.05, 4.69) is 25.4 Å². The summed E-state index contributed by atoms with van der Waals surface area (Å²) in [5.41, 5.74) is 9.63. The molecule has 0 spiro atoms. The number of amidine groups is 1. The number of nitrogens with zero attached hydrogens (tertiary/aromatic N) is 4. The number of aryl methyl sites for hydroxylation is 1. The molecule has 4 heterocycles. The van der Waals surface area contributed by atoms with Crippen molar-refractivity contribution < 1.29 is 33.7 Å². The lowest BCUT2D eigenvalue weighted by atomic mass is 9.90. The van der Waals surface area contributed by atoms with E-state index in [1.165, 1.54) is 26.4 Å². The topological polar surface area (TPSA) is 166 Å². The normalized spacial score (nSPS) is 25.3. The van der Waals surface area contributed by atoms with E-state index in [-0.39, 0.29) is 12.6 Å². The summed E-state index contributed by atoms with van der Waals surface area (Å²) >= 11 is 0. The zero-order valence-electron chi connectivity index (χ0n) is 21.5. The number of fused-ring (bicyclic) bond motifs is 1. The van der Waals surface area contributed by atoms with Crippen LogP contribution in [0.3, 0.4) is 0 Å². The van der Waals surface area contributed by atoms with Crippen molar-refractivity contribution in [3.05, 3.63) is 64.7 Å². The quantitative estimate of drug-likeness (QED) is 0.318. The van der Waals surface area contributed by atoms with Gasteiger partial charge in [-0.2, -0.15) is 0 Å². The summed E-state index contributed by atoms with van der Waals surface area (Å²) in [4.78, 5) is 18.7. The highest BCUT2D eigenvalue weighted by molar-refractivity contribution is 6.01. The predicted octanol–water partition coefficient (Wildman–Crippen LogP) is 1.24. The first-order chi connectivity index (χ1) is 18.8. The van der Waals surface area contributed by atoms with Crippen molar-refractivity contribution in [3.8, 4) is 17.1 Å². The lowest BCUT2D eigenvalue weighted by molar-refractivity contribution is -0.156. The van der Waals surface area contributed by atoms with E-state index in [0.717, 1.165) is 5.56 Å². The molecule has 3 aromatic rings. The maximum absolute atomic E-state index is 14.4. The number of anilines is 1. The second-order valence-corrected chi connectivity index (χ2v) is 9.18. The molecule has 5 N–H and O–H groups in total. The molecule has 0 bridgehead atoms. The maximum Gasteiger partial charge on any atom is 0.220 e. The Kier molecular flexibility index (Phi) is 7.57. The van der Waals surface area contributed by atoms with E-state index in [9.17, 15) is 14.6 Å². The molecule has 13 heteroatoms. The van der Waals surface area contributed by atoms with Crippen molar-refractivity contribution in [3.63, 3.8) is 0 Å². The number of halogens is 1. The van der Waals surface area contributed by atoms with Crippen molar-refractivity contribution in [2.75, 3.05) is 26.6 Å². The number of aliphatic hydroxyl groups excluding tert-OH is 2. The number of hydrogen-bond acceptors (Lipinski definition) is 11. The highest BCUT2D eigenvalue weighted by atomic mass is 19.1. The smallest absolute Gasteiger partial charge is 0.220 e. The van der Waals surface area contributed by atoms with Gasteiger partial charge in [0.25, 0.3) is 0 Å². The first kappa shape index (κ1) is 26.7. The molecule has 2 aliphatic rings. The highest BCUT2D eigenvalue weighted by Gasteiger charge is 2.43. The first-order valence-electron chi connectivity index (χ1n) is 12.2. The fourth-order valence-corrected chi connectivity index (χ4v) is 4.81. The zero-order valence-corrected chi connectivity index (χ0v) is 21.5. The number of aromatic nitrogens is 3. The van der Waals surface area contributed by atoms with Crippen LogP contribution in [0.4, 0.5) is 10.3 Å². The lowest BCUT2D eigenvalue weighted by Gasteiger charge is -2.29. The lowest BCUT2D eigenvalue weighted by Crippen LogP contribution is -2.38. The van der Waals surface area contributed by atoms with Gasteiger partial charge in [0.05, 0.1) is 35.8 Å². The Morgan fingerprint density at radius 3 is 2.72 bits per heavy atom. The number of aliphatic hydroxyl groups is 2. The van der Waals surface area contributed by atoms with Gasteiger partial charge in [-0.25, -0.2) is 19.3 Å². The summed E-state index contributed by atoms with van der Waals surface area (Å²) in [7, 11) is 2.88. The average molecular weight is 541 g/mol. The standard InChI is InChI=1S/C26H29FN6O6/c1-12-21-18(32-26(28)29-12)10-17(31-24(21)33-38-11-19-22(34)23(35)25(37-3)39-19)14-8-7-13(27)9-15(14)16-5-4-6-20(30-16)36-2/h4-9,17,19,22-23,25,34-35H,10-11H2,1-3H3,(H,31,33)(H2,28,29,32)/t17?,19-,22-,23-,25+/m1/s1. The molecule has 2 aliphatic heterocycles. The van der Waals surface area contributed by atoms with E-state index in [1.807, 2.05) is 0 Å². The van der Waals surface area contributed by atoms with Gasteiger partial charge in [-0.1, -0.05) is 17.3 Å². The van der Waals surface area contributed by atoms with Crippen molar-refractivity contribution in [2.24, 2.45) is 5.16 Å². The molecule has 206 valence electrons. The molecule has 1 unspecified atom stereocenters. The number of methoxy groups -OCH3 is 2. The molecule has 39 heavy (non-hydrogen) atoms.